The summed E-state index contributed by atoms with van der Waals surface area (Å²) in [5.74, 6) is 0. The number of nitrogens with zero attached hydrogens (tertiary/aromatic N) is 1. The minimum Gasteiger partial charge on any atom is -0.297 e. The van der Waals surface area contributed by atoms with E-state index in [1.807, 2.05) is 0 Å². The molecule has 0 aliphatic carbocycles. The summed E-state index contributed by atoms with van der Waals surface area (Å²) in [6.45, 7) is 3.85. The molecule has 34 valence electrons. The summed E-state index contributed by atoms with van der Waals surface area (Å²) in [4.78, 5) is 3.50. The van der Waals surface area contributed by atoms with Crippen molar-refractivity contribution in [2.45, 2.75) is 0 Å². The van der Waals surface area contributed by atoms with Crippen LogP contribution < -0.4 is 0 Å². The summed E-state index contributed by atoms with van der Waals surface area (Å²) in [5, 5.41) is 0. The van der Waals surface area contributed by atoms with Crippen LogP contribution in [0.25, 0.3) is 0 Å². The largest absolute Gasteiger partial charge is 0.297 e. The standard InChI is InChI=1S/C4H6ClN/c1-6-4-2-3-5/h2-3H,1,4H2/b3-2+. The number of rotatable bonds is 2. The first-order valence-corrected chi connectivity index (χ1v) is 2.03. The molecular weight excluding hydrogens is 97.5 g/mol. The lowest BCUT2D eigenvalue weighted by Gasteiger charge is -1.70. The summed E-state index contributed by atoms with van der Waals surface area (Å²) >= 11 is 5.11. The molecule has 0 aliphatic heterocycles. The van der Waals surface area contributed by atoms with Crippen LogP contribution in [0.5, 0.6) is 0 Å². The minimum absolute atomic E-state index is 0.615. The van der Waals surface area contributed by atoms with E-state index in [0.717, 1.165) is 0 Å². The highest BCUT2D eigenvalue weighted by atomic mass is 35.5. The van der Waals surface area contributed by atoms with Crippen LogP contribution in [0.2, 0.25) is 0 Å². The van der Waals surface area contributed by atoms with Crippen molar-refractivity contribution in [3.8, 4) is 0 Å². The molecule has 0 unspecified atom stereocenters. The fourth-order valence-electron chi connectivity index (χ4n) is 0.114. The lowest BCUT2D eigenvalue weighted by atomic mass is 10.7. The van der Waals surface area contributed by atoms with E-state index >= 15 is 0 Å². The molecule has 6 heavy (non-hydrogen) atoms. The second kappa shape index (κ2) is 4.70. The number of hydrogen-bond donors (Lipinski definition) is 0. The maximum atomic E-state index is 5.11. The van der Waals surface area contributed by atoms with Gasteiger partial charge in [0, 0.05) is 5.54 Å². The number of hydrogen-bond acceptors (Lipinski definition) is 1. The summed E-state index contributed by atoms with van der Waals surface area (Å²) in [5.41, 5.74) is 1.43. The van der Waals surface area contributed by atoms with Crippen LogP contribution in [-0.2, 0) is 0 Å². The van der Waals surface area contributed by atoms with Gasteiger partial charge in [-0.1, -0.05) is 17.7 Å². The molecule has 0 spiro atoms. The van der Waals surface area contributed by atoms with Gasteiger partial charge in [-0.05, 0) is 6.72 Å². The molecule has 0 radical (unpaired) electrons. The maximum absolute atomic E-state index is 5.11. The van der Waals surface area contributed by atoms with E-state index < -0.39 is 0 Å². The van der Waals surface area contributed by atoms with Crippen LogP contribution in [0.1, 0.15) is 0 Å². The van der Waals surface area contributed by atoms with Gasteiger partial charge in [-0.2, -0.15) is 0 Å². The highest BCUT2D eigenvalue weighted by molar-refractivity contribution is 6.25. The lowest BCUT2D eigenvalue weighted by Crippen LogP contribution is -1.62. The molecule has 0 amide bonds. The van der Waals surface area contributed by atoms with E-state index in [1.165, 1.54) is 5.54 Å². The van der Waals surface area contributed by atoms with Gasteiger partial charge in [0.1, 0.15) is 0 Å². The zero-order valence-electron chi connectivity index (χ0n) is 3.39. The van der Waals surface area contributed by atoms with Crippen LogP contribution >= 0.6 is 11.6 Å². The second-order valence-electron chi connectivity index (χ2n) is 0.768. The molecule has 0 saturated heterocycles. The van der Waals surface area contributed by atoms with E-state index in [1.54, 1.807) is 6.08 Å². The molecule has 0 N–H and O–H groups in total. The molecule has 0 atom stereocenters. The van der Waals surface area contributed by atoms with Crippen molar-refractivity contribution in [3.63, 3.8) is 0 Å². The summed E-state index contributed by atoms with van der Waals surface area (Å²) < 4.78 is 0. The SMILES string of the molecule is C=NC/C=C/Cl. The van der Waals surface area contributed by atoms with Gasteiger partial charge in [0.25, 0.3) is 0 Å². The van der Waals surface area contributed by atoms with E-state index in [4.69, 9.17) is 11.6 Å². The Labute approximate surface area is 42.3 Å². The van der Waals surface area contributed by atoms with Gasteiger partial charge in [0.05, 0.1) is 6.54 Å². The maximum Gasteiger partial charge on any atom is 0.0574 e. The fourth-order valence-corrected chi connectivity index (χ4v) is 0.194. The van der Waals surface area contributed by atoms with Gasteiger partial charge < -0.3 is 0 Å². The third kappa shape index (κ3) is 3.70. The smallest absolute Gasteiger partial charge is 0.0574 e. The summed E-state index contributed by atoms with van der Waals surface area (Å²) in [6.07, 6.45) is 1.72. The molecule has 0 fully saturated rings. The summed E-state index contributed by atoms with van der Waals surface area (Å²) in [7, 11) is 0. The third-order valence-electron chi connectivity index (χ3n) is 0.324. The van der Waals surface area contributed by atoms with Crippen molar-refractivity contribution < 1.29 is 0 Å². The molecule has 0 rings (SSSR count). The molecule has 0 aromatic heterocycles. The van der Waals surface area contributed by atoms with Crippen molar-refractivity contribution in [1.29, 1.82) is 0 Å². The average Bonchev–Trinajstić information content (AvgIpc) is 1.61. The van der Waals surface area contributed by atoms with Crippen LogP contribution in [0, 0.1) is 0 Å². The fraction of sp³-hybridized carbons (Fsp3) is 0.250. The molecule has 0 heterocycles. The van der Waals surface area contributed by atoms with Crippen LogP contribution in [0.3, 0.4) is 0 Å². The predicted molar refractivity (Wildman–Crippen MR) is 29.4 cm³/mol. The Balaban J connectivity index is 2.85. The molecular formula is C4H6ClN. The Morgan fingerprint density at radius 1 is 1.83 bits per heavy atom. The molecule has 1 nitrogen and oxygen atoms in total. The molecule has 0 aliphatic rings. The van der Waals surface area contributed by atoms with Crippen molar-refractivity contribution in [2.24, 2.45) is 4.99 Å². The van der Waals surface area contributed by atoms with Gasteiger partial charge in [0.2, 0.25) is 0 Å². The van der Waals surface area contributed by atoms with Gasteiger partial charge in [0.15, 0.2) is 0 Å². The Hall–Kier alpha value is -0.300. The Bertz CT molecular complexity index is 58.6. The van der Waals surface area contributed by atoms with Gasteiger partial charge >= 0.3 is 0 Å². The molecule has 2 heteroatoms. The second-order valence-corrected chi connectivity index (χ2v) is 1.02. The summed E-state index contributed by atoms with van der Waals surface area (Å²) in [6, 6.07) is 0. The quantitative estimate of drug-likeness (QED) is 0.469. The van der Waals surface area contributed by atoms with Gasteiger partial charge in [-0.25, -0.2) is 0 Å². The van der Waals surface area contributed by atoms with Crippen LogP contribution in [-0.4, -0.2) is 13.3 Å². The molecule has 0 bridgehead atoms. The molecule has 0 saturated carbocycles. The van der Waals surface area contributed by atoms with Crippen molar-refractivity contribution in [2.75, 3.05) is 6.54 Å². The highest BCUT2D eigenvalue weighted by Crippen LogP contribution is 1.75. The van der Waals surface area contributed by atoms with E-state index in [-0.39, 0.29) is 0 Å². The monoisotopic (exact) mass is 103 g/mol. The van der Waals surface area contributed by atoms with Crippen LogP contribution in [0.15, 0.2) is 16.6 Å². The Kier molecular flexibility index (Phi) is 4.47. The Morgan fingerprint density at radius 3 is 2.67 bits per heavy atom. The van der Waals surface area contributed by atoms with E-state index in [2.05, 4.69) is 11.7 Å². The zero-order chi connectivity index (χ0) is 4.83. The van der Waals surface area contributed by atoms with Crippen molar-refractivity contribution >= 4 is 18.3 Å². The zero-order valence-corrected chi connectivity index (χ0v) is 4.15. The molecule has 0 aromatic rings. The van der Waals surface area contributed by atoms with E-state index in [0.29, 0.717) is 6.54 Å². The van der Waals surface area contributed by atoms with Crippen LogP contribution in [0.4, 0.5) is 0 Å². The first-order valence-electron chi connectivity index (χ1n) is 1.59. The third-order valence-corrected chi connectivity index (χ3v) is 0.502. The Morgan fingerprint density at radius 2 is 2.50 bits per heavy atom. The van der Waals surface area contributed by atoms with Gasteiger partial charge in [-0.15, -0.1) is 0 Å². The normalized spacial score (nSPS) is 9.50. The lowest BCUT2D eigenvalue weighted by molar-refractivity contribution is 1.27. The van der Waals surface area contributed by atoms with Crippen molar-refractivity contribution in [3.05, 3.63) is 11.6 Å². The molecule has 0 aromatic carbocycles. The number of halogens is 1. The topological polar surface area (TPSA) is 12.4 Å². The first-order chi connectivity index (χ1) is 2.91. The van der Waals surface area contributed by atoms with E-state index in [9.17, 15) is 0 Å². The van der Waals surface area contributed by atoms with Gasteiger partial charge in [-0.3, -0.25) is 4.99 Å². The number of aliphatic imine (C=N–C) groups is 1. The highest BCUT2D eigenvalue weighted by Gasteiger charge is 1.59. The minimum atomic E-state index is 0.615. The first kappa shape index (κ1) is 5.70. The van der Waals surface area contributed by atoms with Crippen molar-refractivity contribution in [1.82, 2.24) is 0 Å². The predicted octanol–water partition coefficient (Wildman–Crippen LogP) is 1.44. The average molecular weight is 104 g/mol.